The van der Waals surface area contributed by atoms with E-state index in [1.807, 2.05) is 32.9 Å². The zero-order chi connectivity index (χ0) is 22.5. The maximum Gasteiger partial charge on any atom is 0.418 e. The Labute approximate surface area is 177 Å². The third-order valence-corrected chi connectivity index (χ3v) is 4.30. The second kappa shape index (κ2) is 9.84. The molecule has 0 heterocycles. The minimum Gasteiger partial charge on any atom is -0.482 e. The van der Waals surface area contributed by atoms with Gasteiger partial charge in [0, 0.05) is 5.02 Å². The van der Waals surface area contributed by atoms with Gasteiger partial charge in [0.2, 0.25) is 0 Å². The van der Waals surface area contributed by atoms with Crippen molar-refractivity contribution >= 4 is 29.2 Å². The molecule has 0 spiro atoms. The van der Waals surface area contributed by atoms with E-state index in [0.717, 1.165) is 17.2 Å². The Morgan fingerprint density at radius 1 is 1.10 bits per heavy atom. The van der Waals surface area contributed by atoms with E-state index in [9.17, 15) is 22.8 Å². The molecule has 1 N–H and O–H groups in total. The molecule has 0 fully saturated rings. The van der Waals surface area contributed by atoms with Crippen molar-refractivity contribution in [2.24, 2.45) is 0 Å². The number of halogens is 4. The number of carbonyl (C=O) groups excluding carboxylic acids is 2. The Hall–Kier alpha value is -2.74. The molecule has 0 aliphatic rings. The first kappa shape index (κ1) is 23.5. The van der Waals surface area contributed by atoms with Crippen LogP contribution in [0.25, 0.3) is 0 Å². The first-order valence-electron chi connectivity index (χ1n) is 9.03. The quantitative estimate of drug-likeness (QED) is 0.586. The summed E-state index contributed by atoms with van der Waals surface area (Å²) >= 11 is 5.59. The van der Waals surface area contributed by atoms with E-state index in [-0.39, 0.29) is 10.9 Å². The third kappa shape index (κ3) is 6.66. The van der Waals surface area contributed by atoms with Gasteiger partial charge in [0.25, 0.3) is 5.91 Å². The summed E-state index contributed by atoms with van der Waals surface area (Å²) in [6.45, 7) is 4.64. The smallest absolute Gasteiger partial charge is 0.418 e. The number of rotatable bonds is 7. The summed E-state index contributed by atoms with van der Waals surface area (Å²) in [6, 6.07) is 8.55. The number of anilines is 1. The second-order valence-corrected chi connectivity index (χ2v) is 7.32. The Bertz CT molecular complexity index is 929. The van der Waals surface area contributed by atoms with E-state index in [0.29, 0.717) is 11.8 Å². The molecule has 9 heteroatoms. The van der Waals surface area contributed by atoms with Gasteiger partial charge in [0.05, 0.1) is 11.3 Å². The number of hydrogen-bond acceptors (Lipinski definition) is 4. The standard InChI is InChI=1S/C21H21ClF3NO4/c1-12(2)15-6-4-13(3)8-18(15)29-11-20(28)30-10-19(27)26-17-7-5-14(22)9-16(17)21(23,24)25/h4-9,12H,10-11H2,1-3H3,(H,26,27). The fraction of sp³-hybridized carbons (Fsp3) is 0.333. The van der Waals surface area contributed by atoms with Crippen LogP contribution in [0.2, 0.25) is 5.02 Å². The number of aryl methyl sites for hydroxylation is 1. The molecule has 2 rings (SSSR count). The van der Waals surface area contributed by atoms with Gasteiger partial charge in [-0.25, -0.2) is 4.79 Å². The predicted molar refractivity (Wildman–Crippen MR) is 107 cm³/mol. The van der Waals surface area contributed by atoms with Crippen molar-refractivity contribution in [3.63, 3.8) is 0 Å². The van der Waals surface area contributed by atoms with E-state index >= 15 is 0 Å². The first-order chi connectivity index (χ1) is 14.0. The molecule has 0 atom stereocenters. The Kier molecular flexibility index (Phi) is 7.72. The van der Waals surface area contributed by atoms with Gasteiger partial charge in [-0.3, -0.25) is 4.79 Å². The highest BCUT2D eigenvalue weighted by Gasteiger charge is 2.34. The molecular formula is C21H21ClF3NO4. The van der Waals surface area contributed by atoms with Crippen molar-refractivity contribution in [1.29, 1.82) is 0 Å². The molecule has 2 aromatic carbocycles. The summed E-state index contributed by atoms with van der Waals surface area (Å²) in [5, 5.41) is 1.95. The van der Waals surface area contributed by atoms with E-state index in [1.165, 1.54) is 6.07 Å². The molecule has 1 amide bonds. The predicted octanol–water partition coefficient (Wildman–Crippen LogP) is 5.35. The van der Waals surface area contributed by atoms with E-state index in [2.05, 4.69) is 5.32 Å². The summed E-state index contributed by atoms with van der Waals surface area (Å²) in [5.41, 5.74) is 0.281. The molecule has 5 nitrogen and oxygen atoms in total. The van der Waals surface area contributed by atoms with E-state index < -0.39 is 42.5 Å². The molecule has 0 bridgehead atoms. The third-order valence-electron chi connectivity index (χ3n) is 4.06. The Morgan fingerprint density at radius 2 is 1.80 bits per heavy atom. The molecule has 2 aromatic rings. The van der Waals surface area contributed by atoms with E-state index in [4.69, 9.17) is 21.1 Å². The monoisotopic (exact) mass is 443 g/mol. The summed E-state index contributed by atoms with van der Waals surface area (Å²) in [5.74, 6) is -1.05. The highest BCUT2D eigenvalue weighted by Crippen LogP contribution is 2.36. The lowest BCUT2D eigenvalue weighted by Gasteiger charge is -2.15. The summed E-state index contributed by atoms with van der Waals surface area (Å²) in [6.07, 6.45) is -4.71. The fourth-order valence-electron chi connectivity index (χ4n) is 2.61. The van der Waals surface area contributed by atoms with Gasteiger partial charge in [-0.1, -0.05) is 37.6 Å². The van der Waals surface area contributed by atoms with Crippen LogP contribution >= 0.6 is 11.6 Å². The van der Waals surface area contributed by atoms with Gasteiger partial charge in [0.15, 0.2) is 13.2 Å². The van der Waals surface area contributed by atoms with Crippen LogP contribution in [0, 0.1) is 6.92 Å². The van der Waals surface area contributed by atoms with Gasteiger partial charge in [-0.15, -0.1) is 0 Å². The topological polar surface area (TPSA) is 64.6 Å². The Morgan fingerprint density at radius 3 is 2.43 bits per heavy atom. The summed E-state index contributed by atoms with van der Waals surface area (Å²) in [4.78, 5) is 23.8. The molecular weight excluding hydrogens is 423 g/mol. The fourth-order valence-corrected chi connectivity index (χ4v) is 2.79. The summed E-state index contributed by atoms with van der Waals surface area (Å²) < 4.78 is 49.5. The van der Waals surface area contributed by atoms with Gasteiger partial charge in [-0.05, 0) is 48.2 Å². The lowest BCUT2D eigenvalue weighted by atomic mass is 10.0. The van der Waals surface area contributed by atoms with Crippen molar-refractivity contribution in [3.05, 3.63) is 58.1 Å². The highest BCUT2D eigenvalue weighted by molar-refractivity contribution is 6.30. The number of benzene rings is 2. The molecule has 162 valence electrons. The lowest BCUT2D eigenvalue weighted by Crippen LogP contribution is -2.25. The lowest BCUT2D eigenvalue weighted by molar-refractivity contribution is -0.149. The molecule has 0 aromatic heterocycles. The second-order valence-electron chi connectivity index (χ2n) is 6.88. The van der Waals surface area contributed by atoms with Crippen molar-refractivity contribution in [3.8, 4) is 5.75 Å². The highest BCUT2D eigenvalue weighted by atomic mass is 35.5. The minimum atomic E-state index is -4.71. The van der Waals surface area contributed by atoms with Crippen LogP contribution < -0.4 is 10.1 Å². The van der Waals surface area contributed by atoms with Crippen LogP contribution in [0.3, 0.4) is 0 Å². The van der Waals surface area contributed by atoms with Crippen molar-refractivity contribution in [2.75, 3.05) is 18.5 Å². The summed E-state index contributed by atoms with van der Waals surface area (Å²) in [7, 11) is 0. The molecule has 0 aliphatic carbocycles. The number of nitrogens with one attached hydrogen (secondary N) is 1. The number of ether oxygens (including phenoxy) is 2. The number of amides is 1. The minimum absolute atomic E-state index is 0.124. The van der Waals surface area contributed by atoms with Gasteiger partial charge in [-0.2, -0.15) is 13.2 Å². The number of hydrogen-bond donors (Lipinski definition) is 1. The molecule has 0 saturated carbocycles. The molecule has 30 heavy (non-hydrogen) atoms. The molecule has 0 unspecified atom stereocenters. The number of carbonyl (C=O) groups is 2. The number of alkyl halides is 3. The zero-order valence-electron chi connectivity index (χ0n) is 16.6. The van der Waals surface area contributed by atoms with E-state index in [1.54, 1.807) is 6.07 Å². The average Bonchev–Trinajstić information content (AvgIpc) is 2.65. The van der Waals surface area contributed by atoms with Crippen molar-refractivity contribution in [1.82, 2.24) is 0 Å². The van der Waals surface area contributed by atoms with Gasteiger partial charge >= 0.3 is 12.1 Å². The number of esters is 1. The first-order valence-corrected chi connectivity index (χ1v) is 9.40. The average molecular weight is 444 g/mol. The van der Waals surface area contributed by atoms with Gasteiger partial charge < -0.3 is 14.8 Å². The molecule has 0 radical (unpaired) electrons. The van der Waals surface area contributed by atoms with Crippen molar-refractivity contribution < 1.29 is 32.2 Å². The SMILES string of the molecule is Cc1ccc(C(C)C)c(OCC(=O)OCC(=O)Nc2ccc(Cl)cc2C(F)(F)F)c1. The molecule has 0 aliphatic heterocycles. The largest absolute Gasteiger partial charge is 0.482 e. The van der Waals surface area contributed by atoms with Crippen LogP contribution in [-0.2, 0) is 20.5 Å². The van der Waals surface area contributed by atoms with Crippen molar-refractivity contribution in [2.45, 2.75) is 32.9 Å². The Balaban J connectivity index is 1.92. The molecule has 0 saturated heterocycles. The van der Waals surface area contributed by atoms with Crippen LogP contribution in [-0.4, -0.2) is 25.1 Å². The zero-order valence-corrected chi connectivity index (χ0v) is 17.4. The van der Waals surface area contributed by atoms with Crippen LogP contribution in [0.5, 0.6) is 5.75 Å². The normalized spacial score (nSPS) is 11.3. The van der Waals surface area contributed by atoms with Gasteiger partial charge in [0.1, 0.15) is 5.75 Å². The van der Waals surface area contributed by atoms with Crippen LogP contribution in [0.4, 0.5) is 18.9 Å². The maximum atomic E-state index is 13.1. The van der Waals surface area contributed by atoms with Crippen LogP contribution in [0.15, 0.2) is 36.4 Å². The van der Waals surface area contributed by atoms with Crippen LogP contribution in [0.1, 0.15) is 36.5 Å². The maximum absolute atomic E-state index is 13.1.